The number of hydrogen-bond acceptors (Lipinski definition) is 3. The van der Waals surface area contributed by atoms with E-state index in [-0.39, 0.29) is 18.6 Å². The molecule has 0 saturated carbocycles. The van der Waals surface area contributed by atoms with Gasteiger partial charge in [-0.3, -0.25) is 4.79 Å². The Morgan fingerprint density at radius 3 is 2.71 bits per heavy atom. The minimum Gasteiger partial charge on any atom is -0.394 e. The average Bonchev–Trinajstić information content (AvgIpc) is 2.36. The van der Waals surface area contributed by atoms with Crippen LogP contribution in [-0.2, 0) is 11.2 Å². The van der Waals surface area contributed by atoms with E-state index < -0.39 is 0 Å². The lowest BCUT2D eigenvalue weighted by Crippen LogP contribution is -2.39. The van der Waals surface area contributed by atoms with E-state index in [9.17, 15) is 9.90 Å². The summed E-state index contributed by atoms with van der Waals surface area (Å²) in [7, 11) is 0. The number of thioether (sulfide) groups is 1. The minimum absolute atomic E-state index is 0.00864. The fraction of sp³-hybridized carbons (Fsp3) is 0.462. The largest absolute Gasteiger partial charge is 0.394 e. The molecular weight excluding hydrogens is 234 g/mol. The van der Waals surface area contributed by atoms with Crippen molar-refractivity contribution in [1.82, 2.24) is 5.32 Å². The van der Waals surface area contributed by atoms with Crippen LogP contribution < -0.4 is 5.32 Å². The predicted molar refractivity (Wildman–Crippen MR) is 72.2 cm³/mol. The van der Waals surface area contributed by atoms with E-state index in [4.69, 9.17) is 0 Å². The molecule has 0 aromatic heterocycles. The summed E-state index contributed by atoms with van der Waals surface area (Å²) in [5.74, 6) is 0.823. The quantitative estimate of drug-likeness (QED) is 0.773. The van der Waals surface area contributed by atoms with Crippen molar-refractivity contribution in [3.63, 3.8) is 0 Å². The van der Waals surface area contributed by atoms with E-state index in [1.165, 1.54) is 0 Å². The monoisotopic (exact) mass is 253 g/mol. The van der Waals surface area contributed by atoms with Crippen molar-refractivity contribution in [2.75, 3.05) is 18.6 Å². The molecule has 0 spiro atoms. The van der Waals surface area contributed by atoms with Crippen LogP contribution in [0.4, 0.5) is 0 Å². The zero-order valence-corrected chi connectivity index (χ0v) is 10.9. The first-order valence-corrected chi connectivity index (χ1v) is 7.08. The molecule has 0 aliphatic rings. The first-order valence-electron chi connectivity index (χ1n) is 5.69. The highest BCUT2D eigenvalue weighted by atomic mass is 32.2. The second kappa shape index (κ2) is 8.14. The molecule has 1 amide bonds. The molecular formula is C13H19NO2S. The Morgan fingerprint density at radius 1 is 1.41 bits per heavy atom. The number of aliphatic hydroxyl groups is 1. The van der Waals surface area contributed by atoms with Gasteiger partial charge in [-0.05, 0) is 18.2 Å². The van der Waals surface area contributed by atoms with Crippen molar-refractivity contribution in [1.29, 1.82) is 0 Å². The van der Waals surface area contributed by atoms with Crippen LogP contribution in [0.25, 0.3) is 0 Å². The van der Waals surface area contributed by atoms with Crippen LogP contribution in [0.1, 0.15) is 12.0 Å². The number of benzene rings is 1. The number of carbonyl (C=O) groups excluding carboxylic acids is 1. The smallest absolute Gasteiger partial charge is 0.221 e. The summed E-state index contributed by atoms with van der Waals surface area (Å²) in [6, 6.07) is 9.67. The van der Waals surface area contributed by atoms with E-state index >= 15 is 0 Å². The molecule has 0 saturated heterocycles. The highest BCUT2D eigenvalue weighted by molar-refractivity contribution is 7.98. The van der Waals surface area contributed by atoms with Gasteiger partial charge in [0.2, 0.25) is 5.91 Å². The Kier molecular flexibility index (Phi) is 6.74. The second-order valence-electron chi connectivity index (χ2n) is 3.88. The van der Waals surface area contributed by atoms with Gasteiger partial charge in [-0.2, -0.15) is 11.8 Å². The third-order valence-electron chi connectivity index (χ3n) is 2.44. The van der Waals surface area contributed by atoms with E-state index in [1.54, 1.807) is 11.8 Å². The molecule has 94 valence electrons. The van der Waals surface area contributed by atoms with Crippen molar-refractivity contribution >= 4 is 17.7 Å². The van der Waals surface area contributed by atoms with Crippen LogP contribution >= 0.6 is 11.8 Å². The topological polar surface area (TPSA) is 49.3 Å². The van der Waals surface area contributed by atoms with Gasteiger partial charge in [-0.15, -0.1) is 0 Å². The van der Waals surface area contributed by atoms with E-state index in [0.717, 1.165) is 11.3 Å². The molecule has 1 rings (SSSR count). The zero-order chi connectivity index (χ0) is 12.5. The molecule has 0 unspecified atom stereocenters. The first kappa shape index (κ1) is 14.1. The number of amides is 1. The van der Waals surface area contributed by atoms with Gasteiger partial charge >= 0.3 is 0 Å². The lowest BCUT2D eigenvalue weighted by atomic mass is 10.1. The molecule has 0 aliphatic carbocycles. The minimum atomic E-state index is -0.188. The number of hydrogen-bond donors (Lipinski definition) is 2. The highest BCUT2D eigenvalue weighted by Crippen LogP contribution is 2.03. The maximum absolute atomic E-state index is 11.5. The summed E-state index contributed by atoms with van der Waals surface area (Å²) in [4.78, 5) is 11.5. The molecule has 4 heteroatoms. The van der Waals surface area contributed by atoms with Crippen molar-refractivity contribution in [3.05, 3.63) is 35.9 Å². The lowest BCUT2D eigenvalue weighted by Gasteiger charge is -2.16. The van der Waals surface area contributed by atoms with E-state index in [2.05, 4.69) is 5.32 Å². The molecule has 3 nitrogen and oxygen atoms in total. The van der Waals surface area contributed by atoms with Crippen molar-refractivity contribution in [2.45, 2.75) is 18.9 Å². The van der Waals surface area contributed by atoms with Gasteiger partial charge in [0, 0.05) is 12.2 Å². The van der Waals surface area contributed by atoms with Crippen molar-refractivity contribution < 1.29 is 9.90 Å². The van der Waals surface area contributed by atoms with Gasteiger partial charge in [0.05, 0.1) is 12.6 Å². The summed E-state index contributed by atoms with van der Waals surface area (Å²) in [5, 5.41) is 12.1. The van der Waals surface area contributed by atoms with Crippen LogP contribution in [0.2, 0.25) is 0 Å². The summed E-state index contributed by atoms with van der Waals surface area (Å²) >= 11 is 1.65. The maximum atomic E-state index is 11.5. The molecule has 0 aliphatic heterocycles. The third-order valence-corrected chi connectivity index (χ3v) is 3.06. The maximum Gasteiger partial charge on any atom is 0.221 e. The summed E-state index contributed by atoms with van der Waals surface area (Å²) < 4.78 is 0. The fourth-order valence-corrected chi connectivity index (χ4v) is 1.94. The Labute approximate surface area is 107 Å². The van der Waals surface area contributed by atoms with Crippen molar-refractivity contribution in [2.24, 2.45) is 0 Å². The van der Waals surface area contributed by atoms with Crippen LogP contribution in [0.3, 0.4) is 0 Å². The van der Waals surface area contributed by atoms with Gasteiger partial charge in [-0.1, -0.05) is 30.3 Å². The number of nitrogens with one attached hydrogen (secondary N) is 1. The second-order valence-corrected chi connectivity index (χ2v) is 4.87. The molecule has 2 N–H and O–H groups in total. The molecule has 0 fully saturated rings. The summed E-state index contributed by atoms with van der Waals surface area (Å²) in [6.07, 6.45) is 3.15. The molecule has 0 bridgehead atoms. The first-order chi connectivity index (χ1) is 8.26. The summed E-state index contributed by atoms with van der Waals surface area (Å²) in [6.45, 7) is -0.0279. The predicted octanol–water partition coefficient (Wildman–Crippen LogP) is 1.46. The normalized spacial score (nSPS) is 12.1. The SMILES string of the molecule is CSCCC(=O)N[C@@H](CO)Cc1ccccc1. The van der Waals surface area contributed by atoms with Gasteiger partial charge in [0.1, 0.15) is 0 Å². The number of aliphatic hydroxyl groups excluding tert-OH is 1. The van der Waals surface area contributed by atoms with Crippen LogP contribution in [0, 0.1) is 0 Å². The molecule has 0 heterocycles. The average molecular weight is 253 g/mol. The number of rotatable bonds is 7. The molecule has 1 aromatic carbocycles. The van der Waals surface area contributed by atoms with Gasteiger partial charge in [0.25, 0.3) is 0 Å². The van der Waals surface area contributed by atoms with Crippen LogP contribution in [-0.4, -0.2) is 35.7 Å². The molecule has 17 heavy (non-hydrogen) atoms. The fourth-order valence-electron chi connectivity index (χ4n) is 1.55. The molecule has 1 aromatic rings. The Bertz CT molecular complexity index is 329. The highest BCUT2D eigenvalue weighted by Gasteiger charge is 2.11. The Balaban J connectivity index is 2.41. The van der Waals surface area contributed by atoms with Gasteiger partial charge < -0.3 is 10.4 Å². The molecule has 0 radical (unpaired) electrons. The van der Waals surface area contributed by atoms with Gasteiger partial charge in [0.15, 0.2) is 0 Å². The lowest BCUT2D eigenvalue weighted by molar-refractivity contribution is -0.121. The number of carbonyl (C=O) groups is 1. The Morgan fingerprint density at radius 2 is 2.12 bits per heavy atom. The summed E-state index contributed by atoms with van der Waals surface area (Å²) in [5.41, 5.74) is 1.12. The van der Waals surface area contributed by atoms with E-state index in [0.29, 0.717) is 12.8 Å². The molecule has 1 atom stereocenters. The third kappa shape index (κ3) is 5.75. The Hall–Kier alpha value is -1.00. The van der Waals surface area contributed by atoms with Crippen molar-refractivity contribution in [3.8, 4) is 0 Å². The van der Waals surface area contributed by atoms with Gasteiger partial charge in [-0.25, -0.2) is 0 Å². The van der Waals surface area contributed by atoms with Crippen LogP contribution in [0.5, 0.6) is 0 Å². The van der Waals surface area contributed by atoms with E-state index in [1.807, 2.05) is 36.6 Å². The zero-order valence-electron chi connectivity index (χ0n) is 10.1. The standard InChI is InChI=1S/C13H19NO2S/c1-17-8-7-13(16)14-12(10-15)9-11-5-3-2-4-6-11/h2-6,12,15H,7-10H2,1H3,(H,14,16)/t12-/m1/s1. The van der Waals surface area contributed by atoms with Crippen LogP contribution in [0.15, 0.2) is 30.3 Å².